The molecule has 0 unspecified atom stereocenters. The summed E-state index contributed by atoms with van der Waals surface area (Å²) in [5.74, 6) is -0.0637. The second-order valence-electron chi connectivity index (χ2n) is 3.41. The Labute approximate surface area is 106 Å². The van der Waals surface area contributed by atoms with E-state index < -0.39 is 5.82 Å². The molecule has 0 aliphatic heterocycles. The maximum atomic E-state index is 13.4. The largest absolute Gasteiger partial charge is 0.409 e. The van der Waals surface area contributed by atoms with E-state index in [1.165, 1.54) is 30.2 Å². The first-order chi connectivity index (χ1) is 8.69. The second-order valence-corrected chi connectivity index (χ2v) is 4.38. The fourth-order valence-corrected chi connectivity index (χ4v) is 2.06. The van der Waals surface area contributed by atoms with Gasteiger partial charge in [-0.3, -0.25) is 5.10 Å². The third kappa shape index (κ3) is 2.98. The van der Waals surface area contributed by atoms with E-state index in [0.29, 0.717) is 22.0 Å². The summed E-state index contributed by atoms with van der Waals surface area (Å²) in [6, 6.07) is 4.25. The Hall–Kier alpha value is -2.09. The molecular formula is C10H10FN5OS. The molecule has 0 bridgehead atoms. The van der Waals surface area contributed by atoms with Crippen LogP contribution in [0.4, 0.5) is 4.39 Å². The Morgan fingerprint density at radius 3 is 3.00 bits per heavy atom. The highest BCUT2D eigenvalue weighted by Crippen LogP contribution is 2.20. The molecule has 2 aromatic rings. The number of thioether (sulfide) groups is 1. The number of nitrogens with one attached hydrogen (secondary N) is 1. The average Bonchev–Trinajstić information content (AvgIpc) is 2.88. The number of aromatic amines is 1. The lowest BCUT2D eigenvalue weighted by Gasteiger charge is -2.04. The number of hydrogen-bond acceptors (Lipinski definition) is 5. The standard InChI is InChI=1S/C10H10FN5OS/c11-8-2-6(1-7(3-8)9(12)16-17)4-18-10-13-5-14-15-10/h1-3,5,17H,4H2,(H2,12,16)(H,13,14,15). The molecule has 8 heteroatoms. The predicted molar refractivity (Wildman–Crippen MR) is 64.9 cm³/mol. The maximum absolute atomic E-state index is 13.4. The van der Waals surface area contributed by atoms with Crippen LogP contribution in [0.2, 0.25) is 0 Å². The molecule has 4 N–H and O–H groups in total. The van der Waals surface area contributed by atoms with Crippen molar-refractivity contribution in [3.8, 4) is 0 Å². The van der Waals surface area contributed by atoms with Gasteiger partial charge in [0.2, 0.25) is 0 Å². The highest BCUT2D eigenvalue weighted by molar-refractivity contribution is 7.98. The first-order valence-corrected chi connectivity index (χ1v) is 5.93. The third-order valence-corrected chi connectivity index (χ3v) is 3.08. The summed E-state index contributed by atoms with van der Waals surface area (Å²) >= 11 is 1.38. The Balaban J connectivity index is 2.15. The summed E-state index contributed by atoms with van der Waals surface area (Å²) < 4.78 is 13.4. The molecule has 2 rings (SSSR count). The molecule has 0 amide bonds. The monoisotopic (exact) mass is 267 g/mol. The Bertz CT molecular complexity index is 557. The Morgan fingerprint density at radius 1 is 1.50 bits per heavy atom. The minimum atomic E-state index is -0.438. The molecule has 18 heavy (non-hydrogen) atoms. The van der Waals surface area contributed by atoms with E-state index in [1.54, 1.807) is 6.07 Å². The van der Waals surface area contributed by atoms with Crippen molar-refractivity contribution in [3.63, 3.8) is 0 Å². The fraction of sp³-hybridized carbons (Fsp3) is 0.100. The van der Waals surface area contributed by atoms with E-state index in [4.69, 9.17) is 10.9 Å². The van der Waals surface area contributed by atoms with Gasteiger partial charge in [0.15, 0.2) is 11.0 Å². The number of aromatic nitrogens is 3. The van der Waals surface area contributed by atoms with Crippen molar-refractivity contribution in [2.45, 2.75) is 10.9 Å². The van der Waals surface area contributed by atoms with Gasteiger partial charge in [-0.15, -0.1) is 0 Å². The van der Waals surface area contributed by atoms with Crippen molar-refractivity contribution in [3.05, 3.63) is 41.5 Å². The number of amidine groups is 1. The maximum Gasteiger partial charge on any atom is 0.183 e. The van der Waals surface area contributed by atoms with Gasteiger partial charge in [-0.2, -0.15) is 5.10 Å². The predicted octanol–water partition coefficient (Wildman–Crippen LogP) is 1.33. The van der Waals surface area contributed by atoms with Crippen molar-refractivity contribution in [2.75, 3.05) is 0 Å². The number of benzene rings is 1. The van der Waals surface area contributed by atoms with Crippen LogP contribution in [-0.4, -0.2) is 26.2 Å². The highest BCUT2D eigenvalue weighted by Gasteiger charge is 2.06. The zero-order valence-corrected chi connectivity index (χ0v) is 9.99. The van der Waals surface area contributed by atoms with Crippen molar-refractivity contribution < 1.29 is 9.60 Å². The zero-order chi connectivity index (χ0) is 13.0. The van der Waals surface area contributed by atoms with Crippen molar-refractivity contribution >= 4 is 17.6 Å². The molecule has 0 fully saturated rings. The minimum Gasteiger partial charge on any atom is -0.409 e. The lowest BCUT2D eigenvalue weighted by molar-refractivity contribution is 0.318. The highest BCUT2D eigenvalue weighted by atomic mass is 32.2. The minimum absolute atomic E-state index is 0.125. The molecule has 0 spiro atoms. The van der Waals surface area contributed by atoms with Crippen molar-refractivity contribution in [1.29, 1.82) is 0 Å². The van der Waals surface area contributed by atoms with E-state index in [1.807, 2.05) is 0 Å². The summed E-state index contributed by atoms with van der Waals surface area (Å²) in [5, 5.41) is 18.4. The SMILES string of the molecule is N/C(=N/O)c1cc(F)cc(CSc2ncn[nH]2)c1. The average molecular weight is 267 g/mol. The summed E-state index contributed by atoms with van der Waals surface area (Å²) in [6.45, 7) is 0. The number of H-pyrrole nitrogens is 1. The molecule has 0 radical (unpaired) electrons. The number of oxime groups is 1. The molecule has 0 aliphatic rings. The van der Waals surface area contributed by atoms with E-state index in [2.05, 4.69) is 20.3 Å². The smallest absolute Gasteiger partial charge is 0.183 e. The van der Waals surface area contributed by atoms with Crippen LogP contribution >= 0.6 is 11.8 Å². The number of rotatable bonds is 4. The van der Waals surface area contributed by atoms with Gasteiger partial charge in [-0.1, -0.05) is 16.9 Å². The van der Waals surface area contributed by atoms with Crippen LogP contribution in [-0.2, 0) is 5.75 Å². The second kappa shape index (κ2) is 5.50. The number of hydrogen-bond donors (Lipinski definition) is 3. The van der Waals surface area contributed by atoms with Gasteiger partial charge in [0, 0.05) is 11.3 Å². The van der Waals surface area contributed by atoms with Crippen LogP contribution in [0.5, 0.6) is 0 Å². The Kier molecular flexibility index (Phi) is 3.78. The first kappa shape index (κ1) is 12.4. The van der Waals surface area contributed by atoms with Gasteiger partial charge in [-0.25, -0.2) is 9.37 Å². The van der Waals surface area contributed by atoms with E-state index in [-0.39, 0.29) is 5.84 Å². The van der Waals surface area contributed by atoms with Crippen molar-refractivity contribution in [1.82, 2.24) is 15.2 Å². The van der Waals surface area contributed by atoms with Crippen LogP contribution < -0.4 is 5.73 Å². The van der Waals surface area contributed by atoms with Gasteiger partial charge in [0.05, 0.1) is 0 Å². The van der Waals surface area contributed by atoms with E-state index >= 15 is 0 Å². The van der Waals surface area contributed by atoms with Gasteiger partial charge >= 0.3 is 0 Å². The van der Waals surface area contributed by atoms with Gasteiger partial charge in [0.25, 0.3) is 0 Å². The quantitative estimate of drug-likeness (QED) is 0.255. The summed E-state index contributed by atoms with van der Waals surface area (Å²) in [6.07, 6.45) is 1.40. The van der Waals surface area contributed by atoms with Crippen LogP contribution in [0.3, 0.4) is 0 Å². The summed E-state index contributed by atoms with van der Waals surface area (Å²) in [5.41, 5.74) is 6.47. The molecule has 6 nitrogen and oxygen atoms in total. The van der Waals surface area contributed by atoms with Crippen LogP contribution in [0.25, 0.3) is 0 Å². The molecule has 1 aromatic carbocycles. The molecule has 0 saturated carbocycles. The lowest BCUT2D eigenvalue weighted by Crippen LogP contribution is -2.13. The van der Waals surface area contributed by atoms with Crippen LogP contribution in [0.1, 0.15) is 11.1 Å². The van der Waals surface area contributed by atoms with E-state index in [0.717, 1.165) is 0 Å². The van der Waals surface area contributed by atoms with Gasteiger partial charge < -0.3 is 10.9 Å². The molecule has 0 saturated heterocycles. The molecule has 1 heterocycles. The van der Waals surface area contributed by atoms with Crippen molar-refractivity contribution in [2.24, 2.45) is 10.9 Å². The topological polar surface area (TPSA) is 100 Å². The first-order valence-electron chi connectivity index (χ1n) is 4.94. The molecule has 0 aliphatic carbocycles. The molecule has 94 valence electrons. The van der Waals surface area contributed by atoms with Crippen LogP contribution in [0, 0.1) is 5.82 Å². The Morgan fingerprint density at radius 2 is 2.33 bits per heavy atom. The lowest BCUT2D eigenvalue weighted by atomic mass is 10.1. The molecule has 1 aromatic heterocycles. The van der Waals surface area contributed by atoms with Gasteiger partial charge in [-0.05, 0) is 23.8 Å². The molecule has 0 atom stereocenters. The third-order valence-electron chi connectivity index (χ3n) is 2.13. The summed E-state index contributed by atoms with van der Waals surface area (Å²) in [7, 11) is 0. The normalized spacial score (nSPS) is 11.7. The van der Waals surface area contributed by atoms with Crippen LogP contribution in [0.15, 0.2) is 34.8 Å². The van der Waals surface area contributed by atoms with E-state index in [9.17, 15) is 4.39 Å². The number of halogens is 1. The number of nitrogens with two attached hydrogens (primary N) is 1. The number of nitrogens with zero attached hydrogens (tertiary/aromatic N) is 3. The fourth-order valence-electron chi connectivity index (χ4n) is 1.35. The van der Waals surface area contributed by atoms with Gasteiger partial charge in [0.1, 0.15) is 12.1 Å². The zero-order valence-electron chi connectivity index (χ0n) is 9.17. The molecular weight excluding hydrogens is 257 g/mol. The summed E-state index contributed by atoms with van der Waals surface area (Å²) in [4.78, 5) is 3.94.